The monoisotopic (exact) mass is 297 g/mol. The number of nitrogens with zero attached hydrogens (tertiary/aromatic N) is 1. The zero-order valence-corrected chi connectivity index (χ0v) is 12.0. The van der Waals surface area contributed by atoms with Gasteiger partial charge >= 0.3 is 0 Å². The van der Waals surface area contributed by atoms with Crippen molar-refractivity contribution in [2.24, 2.45) is 5.92 Å². The van der Waals surface area contributed by atoms with Gasteiger partial charge in [0.25, 0.3) is 5.91 Å². The van der Waals surface area contributed by atoms with E-state index in [-0.39, 0.29) is 36.8 Å². The lowest BCUT2D eigenvalue weighted by Gasteiger charge is -2.29. The molecule has 98 valence electrons. The van der Waals surface area contributed by atoms with Crippen LogP contribution < -0.4 is 10.6 Å². The molecule has 0 aliphatic carbocycles. The molecule has 1 aromatic rings. The molecule has 2 unspecified atom stereocenters. The van der Waals surface area contributed by atoms with Crippen molar-refractivity contribution in [3.63, 3.8) is 0 Å². The maximum atomic E-state index is 11.7. The zero-order chi connectivity index (χ0) is 10.7. The number of carbonyl (C=O) groups is 1. The largest absolute Gasteiger partial charge is 0.348 e. The number of hydrogen-bond acceptors (Lipinski definition) is 4. The smallest absolute Gasteiger partial charge is 0.270 e. The summed E-state index contributed by atoms with van der Waals surface area (Å²) in [7, 11) is 0. The van der Waals surface area contributed by atoms with E-state index in [0.29, 0.717) is 11.6 Å². The minimum atomic E-state index is -0.0463. The van der Waals surface area contributed by atoms with Gasteiger partial charge in [-0.1, -0.05) is 6.92 Å². The number of aromatic nitrogens is 1. The van der Waals surface area contributed by atoms with Gasteiger partial charge in [0, 0.05) is 11.4 Å². The molecule has 0 aromatic carbocycles. The lowest BCUT2D eigenvalue weighted by Crippen LogP contribution is -2.48. The maximum Gasteiger partial charge on any atom is 0.270 e. The van der Waals surface area contributed by atoms with Crippen LogP contribution in [0, 0.1) is 5.92 Å². The summed E-state index contributed by atoms with van der Waals surface area (Å²) >= 11 is 1.45. The predicted molar refractivity (Wildman–Crippen MR) is 74.5 cm³/mol. The summed E-state index contributed by atoms with van der Waals surface area (Å²) < 4.78 is 0. The molecule has 2 N–H and O–H groups in total. The third kappa shape index (κ3) is 4.43. The average molecular weight is 298 g/mol. The highest BCUT2D eigenvalue weighted by molar-refractivity contribution is 7.07. The fourth-order valence-electron chi connectivity index (χ4n) is 1.80. The van der Waals surface area contributed by atoms with Crippen LogP contribution in [0.25, 0.3) is 0 Å². The number of amides is 1. The average Bonchev–Trinajstić information content (AvgIpc) is 2.74. The maximum absolute atomic E-state index is 11.7. The summed E-state index contributed by atoms with van der Waals surface area (Å²) in [5, 5.41) is 8.12. The Morgan fingerprint density at radius 3 is 2.94 bits per heavy atom. The van der Waals surface area contributed by atoms with Gasteiger partial charge in [0.1, 0.15) is 5.69 Å². The van der Waals surface area contributed by atoms with E-state index in [4.69, 9.17) is 0 Å². The molecule has 0 saturated carbocycles. The van der Waals surface area contributed by atoms with Crippen molar-refractivity contribution < 1.29 is 4.79 Å². The molecule has 1 fully saturated rings. The first-order valence-electron chi connectivity index (χ1n) is 5.17. The summed E-state index contributed by atoms with van der Waals surface area (Å²) in [4.78, 5) is 15.7. The minimum absolute atomic E-state index is 0. The van der Waals surface area contributed by atoms with Gasteiger partial charge in [-0.15, -0.1) is 36.2 Å². The molecule has 1 aliphatic heterocycles. The minimum Gasteiger partial charge on any atom is -0.348 e. The molecule has 1 aliphatic rings. The van der Waals surface area contributed by atoms with E-state index >= 15 is 0 Å². The van der Waals surface area contributed by atoms with Gasteiger partial charge in [-0.05, 0) is 25.4 Å². The molecule has 0 radical (unpaired) electrons. The SMILES string of the molecule is CC1CNCCC1NC(=O)c1cscn1.Cl.Cl. The molecule has 1 saturated heterocycles. The van der Waals surface area contributed by atoms with E-state index in [2.05, 4.69) is 22.5 Å². The fraction of sp³-hybridized carbons (Fsp3) is 0.600. The van der Waals surface area contributed by atoms with Gasteiger partial charge in [-0.3, -0.25) is 4.79 Å². The summed E-state index contributed by atoms with van der Waals surface area (Å²) in [6.07, 6.45) is 0.997. The van der Waals surface area contributed by atoms with Crippen molar-refractivity contribution in [3.8, 4) is 0 Å². The van der Waals surface area contributed by atoms with Crippen LogP contribution in [0.4, 0.5) is 0 Å². The summed E-state index contributed by atoms with van der Waals surface area (Å²) in [6, 6.07) is 0.278. The first-order valence-corrected chi connectivity index (χ1v) is 6.11. The lowest BCUT2D eigenvalue weighted by molar-refractivity contribution is 0.0910. The highest BCUT2D eigenvalue weighted by atomic mass is 35.5. The van der Waals surface area contributed by atoms with Crippen molar-refractivity contribution >= 4 is 42.1 Å². The third-order valence-corrected chi connectivity index (χ3v) is 3.35. The Hall–Kier alpha value is -0.360. The first-order chi connectivity index (χ1) is 7.27. The Morgan fingerprint density at radius 2 is 2.35 bits per heavy atom. The second-order valence-electron chi connectivity index (χ2n) is 3.92. The Kier molecular flexibility index (Phi) is 7.70. The second-order valence-corrected chi connectivity index (χ2v) is 4.64. The summed E-state index contributed by atoms with van der Waals surface area (Å²) in [5.41, 5.74) is 2.21. The Morgan fingerprint density at radius 1 is 1.59 bits per heavy atom. The van der Waals surface area contributed by atoms with Crippen molar-refractivity contribution in [2.75, 3.05) is 13.1 Å². The standard InChI is InChI=1S/C10H15N3OS.2ClH/c1-7-4-11-3-2-8(7)13-10(14)9-5-15-6-12-9;;/h5-8,11H,2-4H2,1H3,(H,13,14);2*1H. The van der Waals surface area contributed by atoms with Crippen LogP contribution in [-0.2, 0) is 0 Å². The number of halogens is 2. The topological polar surface area (TPSA) is 54.0 Å². The van der Waals surface area contributed by atoms with Crippen LogP contribution in [0.3, 0.4) is 0 Å². The normalized spacial score (nSPS) is 23.1. The van der Waals surface area contributed by atoms with E-state index in [1.54, 1.807) is 10.9 Å². The lowest BCUT2D eigenvalue weighted by atomic mass is 9.95. The van der Waals surface area contributed by atoms with Crippen molar-refractivity contribution in [2.45, 2.75) is 19.4 Å². The first kappa shape index (κ1) is 16.6. The number of piperidine rings is 1. The molecular formula is C10H17Cl2N3OS. The number of carbonyl (C=O) groups excluding carboxylic acids is 1. The van der Waals surface area contributed by atoms with Gasteiger partial charge < -0.3 is 10.6 Å². The second kappa shape index (κ2) is 7.87. The third-order valence-electron chi connectivity index (χ3n) is 2.77. The summed E-state index contributed by atoms with van der Waals surface area (Å²) in [5.74, 6) is 0.441. The number of hydrogen-bond donors (Lipinski definition) is 2. The zero-order valence-electron chi connectivity index (χ0n) is 9.51. The quantitative estimate of drug-likeness (QED) is 0.874. The van der Waals surface area contributed by atoms with Crippen LogP contribution in [0.1, 0.15) is 23.8 Å². The predicted octanol–water partition coefficient (Wildman–Crippen LogP) is 1.71. The molecular weight excluding hydrogens is 281 g/mol. The molecule has 17 heavy (non-hydrogen) atoms. The Bertz CT molecular complexity index is 334. The van der Waals surface area contributed by atoms with Crippen LogP contribution in [0.15, 0.2) is 10.9 Å². The van der Waals surface area contributed by atoms with Gasteiger partial charge in [-0.2, -0.15) is 0 Å². The number of rotatable bonds is 2. The van der Waals surface area contributed by atoms with E-state index in [0.717, 1.165) is 19.5 Å². The van der Waals surface area contributed by atoms with Gasteiger partial charge in [0.05, 0.1) is 5.51 Å². The van der Waals surface area contributed by atoms with Crippen molar-refractivity contribution in [1.29, 1.82) is 0 Å². The molecule has 2 rings (SSSR count). The number of thiazole rings is 1. The number of nitrogens with one attached hydrogen (secondary N) is 2. The Balaban J connectivity index is 0.00000128. The van der Waals surface area contributed by atoms with Crippen LogP contribution in [-0.4, -0.2) is 30.0 Å². The van der Waals surface area contributed by atoms with Crippen LogP contribution >= 0.6 is 36.2 Å². The Labute approximate surface area is 117 Å². The highest BCUT2D eigenvalue weighted by Crippen LogP contribution is 2.11. The van der Waals surface area contributed by atoms with Crippen molar-refractivity contribution in [1.82, 2.24) is 15.6 Å². The van der Waals surface area contributed by atoms with E-state index in [1.165, 1.54) is 11.3 Å². The molecule has 1 aromatic heterocycles. The summed E-state index contributed by atoms with van der Waals surface area (Å²) in [6.45, 7) is 4.10. The highest BCUT2D eigenvalue weighted by Gasteiger charge is 2.23. The van der Waals surface area contributed by atoms with Gasteiger partial charge in [-0.25, -0.2) is 4.98 Å². The molecule has 7 heteroatoms. The van der Waals surface area contributed by atoms with Crippen molar-refractivity contribution in [3.05, 3.63) is 16.6 Å². The van der Waals surface area contributed by atoms with Crippen LogP contribution in [0.2, 0.25) is 0 Å². The van der Waals surface area contributed by atoms with Gasteiger partial charge in [0.15, 0.2) is 0 Å². The van der Waals surface area contributed by atoms with E-state index in [1.807, 2.05) is 0 Å². The molecule has 4 nitrogen and oxygen atoms in total. The van der Waals surface area contributed by atoms with E-state index < -0.39 is 0 Å². The van der Waals surface area contributed by atoms with E-state index in [9.17, 15) is 4.79 Å². The molecule has 0 bridgehead atoms. The molecule has 1 amide bonds. The molecule has 2 heterocycles. The van der Waals surface area contributed by atoms with Crippen LogP contribution in [0.5, 0.6) is 0 Å². The fourth-order valence-corrected chi connectivity index (χ4v) is 2.33. The molecule has 0 spiro atoms. The van der Waals surface area contributed by atoms with Gasteiger partial charge in [0.2, 0.25) is 0 Å². The molecule has 2 atom stereocenters.